The minimum atomic E-state index is -0.511. The molecule has 14 rings (SSSR count). The van der Waals surface area contributed by atoms with E-state index in [2.05, 4.69) is 218 Å². The van der Waals surface area contributed by atoms with Crippen molar-refractivity contribution in [1.82, 2.24) is 0 Å². The number of hydrogen-bond acceptors (Lipinski definition) is 1. The van der Waals surface area contributed by atoms with Crippen molar-refractivity contribution in [3.63, 3.8) is 0 Å². The molecule has 1 nitrogen and oxygen atoms in total. The highest BCUT2D eigenvalue weighted by molar-refractivity contribution is 6.07. The SMILES string of the molecule is c1cc(-c2ccc3c(c2)C2(c4ccccc4O3)c3ccccc3-c3ccccc32)cc(-c2cccc3c2-c2ccccc2C32c3ccccc3-c3c2ccc2ccccc32)c1. The van der Waals surface area contributed by atoms with E-state index in [4.69, 9.17) is 4.74 Å². The number of ether oxygens (including phenoxy) is 1. The minimum absolute atomic E-state index is 0.424. The van der Waals surface area contributed by atoms with Crippen LogP contribution in [0.4, 0.5) is 0 Å². The molecule has 4 aliphatic rings. The first kappa shape index (κ1) is 33.1. The smallest absolute Gasteiger partial charge is 0.132 e. The van der Waals surface area contributed by atoms with E-state index in [-0.39, 0.29) is 0 Å². The number of para-hydroxylation sites is 1. The highest BCUT2D eigenvalue weighted by atomic mass is 16.5. The van der Waals surface area contributed by atoms with Crippen molar-refractivity contribution < 1.29 is 4.74 Å². The van der Waals surface area contributed by atoms with Gasteiger partial charge in [-0.3, -0.25) is 0 Å². The van der Waals surface area contributed by atoms with Crippen LogP contribution in [0.5, 0.6) is 11.5 Å². The van der Waals surface area contributed by atoms with Gasteiger partial charge in [0.15, 0.2) is 0 Å². The van der Waals surface area contributed by atoms with Gasteiger partial charge in [-0.2, -0.15) is 0 Å². The summed E-state index contributed by atoms with van der Waals surface area (Å²) in [6.07, 6.45) is 0. The predicted molar refractivity (Wildman–Crippen MR) is 248 cm³/mol. The third-order valence-corrected chi connectivity index (χ3v) is 14.4. The Morgan fingerprint density at radius 3 is 1.51 bits per heavy atom. The van der Waals surface area contributed by atoms with Crippen molar-refractivity contribution in [1.29, 1.82) is 0 Å². The normalized spacial score (nSPS) is 16.2. The predicted octanol–water partition coefficient (Wildman–Crippen LogP) is 15.0. The van der Waals surface area contributed by atoms with E-state index in [0.717, 1.165) is 11.5 Å². The van der Waals surface area contributed by atoms with Crippen LogP contribution in [0, 0.1) is 0 Å². The van der Waals surface area contributed by atoms with Crippen molar-refractivity contribution in [2.75, 3.05) is 0 Å². The van der Waals surface area contributed by atoms with Crippen LogP contribution in [0.1, 0.15) is 44.5 Å². The van der Waals surface area contributed by atoms with E-state index in [1.807, 2.05) is 0 Å². The molecule has 0 bridgehead atoms. The zero-order valence-corrected chi connectivity index (χ0v) is 33.2. The molecule has 1 heterocycles. The summed E-state index contributed by atoms with van der Waals surface area (Å²) in [4.78, 5) is 0. The summed E-state index contributed by atoms with van der Waals surface area (Å²) in [6.45, 7) is 0. The molecule has 1 unspecified atom stereocenters. The van der Waals surface area contributed by atoms with Crippen LogP contribution in [0.25, 0.3) is 66.4 Å². The molecule has 0 radical (unpaired) electrons. The molecular formula is C60H36O. The van der Waals surface area contributed by atoms with E-state index in [0.29, 0.717) is 0 Å². The maximum atomic E-state index is 6.78. The fourth-order valence-electron chi connectivity index (χ4n) is 12.1. The molecule has 10 aromatic rings. The lowest BCUT2D eigenvalue weighted by atomic mass is 9.66. The second kappa shape index (κ2) is 11.9. The van der Waals surface area contributed by atoms with Crippen molar-refractivity contribution in [3.05, 3.63) is 263 Å². The molecule has 10 aromatic carbocycles. The van der Waals surface area contributed by atoms with Crippen LogP contribution < -0.4 is 4.74 Å². The molecule has 0 amide bonds. The van der Waals surface area contributed by atoms with Gasteiger partial charge in [0.05, 0.1) is 10.8 Å². The van der Waals surface area contributed by atoms with Gasteiger partial charge >= 0.3 is 0 Å². The average Bonchev–Trinajstić information content (AvgIpc) is 3.92. The summed E-state index contributed by atoms with van der Waals surface area (Å²) in [5.74, 6) is 1.81. The first-order chi connectivity index (χ1) is 30.3. The van der Waals surface area contributed by atoms with Gasteiger partial charge in [0.2, 0.25) is 0 Å². The molecule has 0 N–H and O–H groups in total. The fourth-order valence-corrected chi connectivity index (χ4v) is 12.1. The Morgan fingerprint density at radius 2 is 0.754 bits per heavy atom. The van der Waals surface area contributed by atoms with Gasteiger partial charge in [-0.1, -0.05) is 194 Å². The lowest BCUT2D eigenvalue weighted by Gasteiger charge is -2.39. The Balaban J connectivity index is 0.977. The standard InChI is InChI=1S/C60H36O/c1-2-18-41-37(15-1)31-33-53-57(41)45-21-5-9-26-49(45)60(53)50-27-10-6-22-46(50)58-42(23-14-29-52(58)60)40-17-13-16-38(35-40)39-32-34-56-54(36-39)59(51-28-11-12-30-55(51)61-56)47-24-7-3-19-43(47)44-20-4-8-25-48(44)59/h1-36H. The van der Waals surface area contributed by atoms with Gasteiger partial charge in [-0.25, -0.2) is 0 Å². The Morgan fingerprint density at radius 1 is 0.262 bits per heavy atom. The van der Waals surface area contributed by atoms with Crippen molar-refractivity contribution in [2.45, 2.75) is 10.8 Å². The summed E-state index contributed by atoms with van der Waals surface area (Å²) < 4.78 is 6.78. The van der Waals surface area contributed by atoms with Gasteiger partial charge in [0, 0.05) is 11.1 Å². The molecule has 282 valence electrons. The van der Waals surface area contributed by atoms with Gasteiger partial charge in [0.25, 0.3) is 0 Å². The number of fused-ring (bicyclic) bond motifs is 21. The Bertz CT molecular complexity index is 3490. The maximum absolute atomic E-state index is 6.78. The van der Waals surface area contributed by atoms with E-state index >= 15 is 0 Å². The monoisotopic (exact) mass is 772 g/mol. The lowest BCUT2D eigenvalue weighted by Crippen LogP contribution is -2.32. The van der Waals surface area contributed by atoms with Crippen molar-refractivity contribution in [3.8, 4) is 67.1 Å². The van der Waals surface area contributed by atoms with Gasteiger partial charge in [-0.05, 0) is 124 Å². The molecule has 0 saturated carbocycles. The molecular weight excluding hydrogens is 737 g/mol. The van der Waals surface area contributed by atoms with Crippen LogP contribution in [0.15, 0.2) is 218 Å². The summed E-state index contributed by atoms with van der Waals surface area (Å²) in [5, 5.41) is 2.58. The maximum Gasteiger partial charge on any atom is 0.132 e. The Hall–Kier alpha value is -7.74. The fraction of sp³-hybridized carbons (Fsp3) is 0.0333. The minimum Gasteiger partial charge on any atom is -0.457 e. The largest absolute Gasteiger partial charge is 0.457 e. The van der Waals surface area contributed by atoms with Crippen LogP contribution in [-0.4, -0.2) is 0 Å². The number of hydrogen-bond donors (Lipinski definition) is 0. The van der Waals surface area contributed by atoms with Gasteiger partial charge in [0.1, 0.15) is 11.5 Å². The second-order valence-corrected chi connectivity index (χ2v) is 17.0. The zero-order valence-electron chi connectivity index (χ0n) is 33.2. The third-order valence-electron chi connectivity index (χ3n) is 14.4. The first-order valence-electron chi connectivity index (χ1n) is 21.3. The lowest BCUT2D eigenvalue weighted by molar-refractivity contribution is 0.436. The molecule has 1 atom stereocenters. The van der Waals surface area contributed by atoms with E-state index in [1.54, 1.807) is 0 Å². The van der Waals surface area contributed by atoms with Crippen molar-refractivity contribution in [2.24, 2.45) is 0 Å². The van der Waals surface area contributed by atoms with Crippen LogP contribution in [0.3, 0.4) is 0 Å². The first-order valence-corrected chi connectivity index (χ1v) is 21.3. The van der Waals surface area contributed by atoms with E-state index < -0.39 is 10.8 Å². The highest BCUT2D eigenvalue weighted by Crippen LogP contribution is 2.66. The molecule has 3 aliphatic carbocycles. The third kappa shape index (κ3) is 4.06. The summed E-state index contributed by atoms with van der Waals surface area (Å²) in [7, 11) is 0. The molecule has 1 heteroatoms. The molecule has 0 saturated heterocycles. The van der Waals surface area contributed by atoms with Crippen LogP contribution >= 0.6 is 0 Å². The van der Waals surface area contributed by atoms with Crippen molar-refractivity contribution >= 4 is 10.8 Å². The van der Waals surface area contributed by atoms with Crippen LogP contribution in [0.2, 0.25) is 0 Å². The second-order valence-electron chi connectivity index (χ2n) is 17.0. The molecule has 0 aromatic heterocycles. The topological polar surface area (TPSA) is 9.23 Å². The molecule has 0 fully saturated rings. The summed E-state index contributed by atoms with van der Waals surface area (Å²) in [5.41, 5.74) is 22.1. The highest BCUT2D eigenvalue weighted by Gasteiger charge is 2.53. The molecule has 61 heavy (non-hydrogen) atoms. The molecule has 1 aliphatic heterocycles. The van der Waals surface area contributed by atoms with E-state index in [9.17, 15) is 0 Å². The number of rotatable bonds is 2. The molecule has 2 spiro atoms. The van der Waals surface area contributed by atoms with Crippen LogP contribution in [-0.2, 0) is 10.8 Å². The van der Waals surface area contributed by atoms with Gasteiger partial charge < -0.3 is 4.74 Å². The van der Waals surface area contributed by atoms with E-state index in [1.165, 1.54) is 111 Å². The summed E-state index contributed by atoms with van der Waals surface area (Å²) >= 11 is 0. The Kier molecular flexibility index (Phi) is 6.48. The average molecular weight is 773 g/mol. The van der Waals surface area contributed by atoms with Gasteiger partial charge in [-0.15, -0.1) is 0 Å². The number of benzene rings is 10. The Labute approximate surface area is 354 Å². The zero-order chi connectivity index (χ0) is 39.9. The quantitative estimate of drug-likeness (QED) is 0.170. The summed E-state index contributed by atoms with van der Waals surface area (Å²) in [6, 6.07) is 81.4.